The molecule has 0 spiro atoms. The Labute approximate surface area is 104 Å². The Hall–Kier alpha value is -0.540. The van der Waals surface area contributed by atoms with Gasteiger partial charge in [0.15, 0.2) is 11.6 Å². The highest BCUT2D eigenvalue weighted by Crippen LogP contribution is 2.33. The molecule has 0 aliphatic heterocycles. The van der Waals surface area contributed by atoms with Gasteiger partial charge in [-0.2, -0.15) is 0 Å². The van der Waals surface area contributed by atoms with Crippen molar-refractivity contribution in [3.63, 3.8) is 0 Å². The first-order valence-electron chi connectivity index (χ1n) is 5.22. The van der Waals surface area contributed by atoms with Gasteiger partial charge in [0.1, 0.15) is 0 Å². The minimum atomic E-state index is -0.378. The number of alkyl halides is 1. The largest absolute Gasteiger partial charge is 0.357 e. The highest BCUT2D eigenvalue weighted by molar-refractivity contribution is 6.30. The van der Waals surface area contributed by atoms with Gasteiger partial charge in [-0.3, -0.25) is 0 Å². The SMILES string of the molecule is CN(CC1CC(Cl)C1)c1ncc(Cl)cc1F. The summed E-state index contributed by atoms with van der Waals surface area (Å²) in [5, 5.41) is 0.612. The van der Waals surface area contributed by atoms with Crippen molar-refractivity contribution in [2.45, 2.75) is 18.2 Å². The summed E-state index contributed by atoms with van der Waals surface area (Å²) in [5.74, 6) is 0.517. The van der Waals surface area contributed by atoms with Crippen molar-refractivity contribution < 1.29 is 4.39 Å². The standard InChI is InChI=1S/C11H13Cl2FN2/c1-16(6-7-2-8(12)3-7)11-10(14)4-9(13)5-15-11/h4-5,7-8H,2-3,6H2,1H3. The summed E-state index contributed by atoms with van der Waals surface area (Å²) < 4.78 is 13.5. The molecule has 1 aromatic rings. The van der Waals surface area contributed by atoms with Crippen molar-refractivity contribution in [1.82, 2.24) is 4.98 Å². The Kier molecular flexibility index (Phi) is 3.55. The van der Waals surface area contributed by atoms with Gasteiger partial charge in [-0.15, -0.1) is 11.6 Å². The molecule has 0 bridgehead atoms. The van der Waals surface area contributed by atoms with Crippen molar-refractivity contribution >= 4 is 29.0 Å². The Bertz CT molecular complexity index is 380. The maximum atomic E-state index is 13.5. The zero-order valence-corrected chi connectivity index (χ0v) is 10.5. The normalized spacial score (nSPS) is 24.0. The Balaban J connectivity index is 2.00. The second-order valence-corrected chi connectivity index (χ2v) is 5.33. The summed E-state index contributed by atoms with van der Waals surface area (Å²) in [6, 6.07) is 1.28. The van der Waals surface area contributed by atoms with E-state index in [0.717, 1.165) is 19.4 Å². The van der Waals surface area contributed by atoms with Gasteiger partial charge in [0.25, 0.3) is 0 Å². The van der Waals surface area contributed by atoms with E-state index in [0.29, 0.717) is 22.1 Å². The third kappa shape index (κ3) is 2.58. The molecular weight excluding hydrogens is 250 g/mol. The fourth-order valence-corrected chi connectivity index (χ4v) is 2.61. The summed E-state index contributed by atoms with van der Waals surface area (Å²) in [4.78, 5) is 5.81. The van der Waals surface area contributed by atoms with Crippen LogP contribution >= 0.6 is 23.2 Å². The van der Waals surface area contributed by atoms with Crippen LogP contribution in [-0.2, 0) is 0 Å². The molecule has 5 heteroatoms. The summed E-state index contributed by atoms with van der Waals surface area (Å²) in [5.41, 5.74) is 0. The third-order valence-corrected chi connectivity index (χ3v) is 3.42. The van der Waals surface area contributed by atoms with Crippen LogP contribution < -0.4 is 4.90 Å². The van der Waals surface area contributed by atoms with Crippen LogP contribution in [0.5, 0.6) is 0 Å². The number of anilines is 1. The Morgan fingerprint density at radius 3 is 2.81 bits per heavy atom. The van der Waals surface area contributed by atoms with E-state index in [1.807, 2.05) is 11.9 Å². The van der Waals surface area contributed by atoms with Gasteiger partial charge in [-0.05, 0) is 24.8 Å². The second-order valence-electron chi connectivity index (χ2n) is 4.27. The summed E-state index contributed by atoms with van der Waals surface area (Å²) in [6.07, 6.45) is 3.46. The topological polar surface area (TPSA) is 16.1 Å². The van der Waals surface area contributed by atoms with Crippen molar-refractivity contribution in [2.75, 3.05) is 18.5 Å². The number of hydrogen-bond acceptors (Lipinski definition) is 2. The van der Waals surface area contributed by atoms with E-state index in [1.165, 1.54) is 12.3 Å². The molecule has 1 aliphatic carbocycles. The molecule has 0 aromatic carbocycles. The van der Waals surface area contributed by atoms with Crippen molar-refractivity contribution in [3.8, 4) is 0 Å². The number of pyridine rings is 1. The summed E-state index contributed by atoms with van der Waals surface area (Å²) >= 11 is 11.5. The lowest BCUT2D eigenvalue weighted by molar-refractivity contribution is 0.328. The van der Waals surface area contributed by atoms with Gasteiger partial charge < -0.3 is 4.90 Å². The van der Waals surface area contributed by atoms with Crippen LogP contribution in [0.15, 0.2) is 12.3 Å². The van der Waals surface area contributed by atoms with E-state index in [2.05, 4.69) is 4.98 Å². The fourth-order valence-electron chi connectivity index (χ4n) is 1.97. The van der Waals surface area contributed by atoms with Gasteiger partial charge in [0.05, 0.1) is 5.02 Å². The number of rotatable bonds is 3. The molecule has 88 valence electrons. The molecule has 0 saturated heterocycles. The zero-order chi connectivity index (χ0) is 11.7. The first kappa shape index (κ1) is 11.9. The molecule has 0 amide bonds. The smallest absolute Gasteiger partial charge is 0.167 e. The molecule has 1 saturated carbocycles. The van der Waals surface area contributed by atoms with Crippen LogP contribution in [0.25, 0.3) is 0 Å². The van der Waals surface area contributed by atoms with Crippen LogP contribution in [0.4, 0.5) is 10.2 Å². The highest BCUT2D eigenvalue weighted by atomic mass is 35.5. The molecule has 2 nitrogen and oxygen atoms in total. The predicted molar refractivity (Wildman–Crippen MR) is 64.8 cm³/mol. The van der Waals surface area contributed by atoms with Crippen LogP contribution in [0.2, 0.25) is 5.02 Å². The summed E-state index contributed by atoms with van der Waals surface area (Å²) in [7, 11) is 1.83. The molecule has 0 atom stereocenters. The number of nitrogens with zero attached hydrogens (tertiary/aromatic N) is 2. The monoisotopic (exact) mass is 262 g/mol. The molecule has 1 fully saturated rings. The second kappa shape index (κ2) is 4.76. The van der Waals surface area contributed by atoms with E-state index in [4.69, 9.17) is 23.2 Å². The van der Waals surface area contributed by atoms with Gasteiger partial charge in [0.2, 0.25) is 0 Å². The van der Waals surface area contributed by atoms with Gasteiger partial charge in [0, 0.05) is 25.2 Å². The van der Waals surface area contributed by atoms with Gasteiger partial charge >= 0.3 is 0 Å². The summed E-state index contributed by atoms with van der Waals surface area (Å²) in [6.45, 7) is 0.786. The van der Waals surface area contributed by atoms with Crippen molar-refractivity contribution in [2.24, 2.45) is 5.92 Å². The van der Waals surface area contributed by atoms with E-state index in [1.54, 1.807) is 0 Å². The maximum Gasteiger partial charge on any atom is 0.167 e. The maximum absolute atomic E-state index is 13.5. The molecule has 0 unspecified atom stereocenters. The number of aromatic nitrogens is 1. The van der Waals surface area contributed by atoms with Crippen LogP contribution in [-0.4, -0.2) is 24.0 Å². The molecule has 16 heavy (non-hydrogen) atoms. The van der Waals surface area contributed by atoms with E-state index >= 15 is 0 Å². The van der Waals surface area contributed by atoms with E-state index in [9.17, 15) is 4.39 Å². The lowest BCUT2D eigenvalue weighted by Crippen LogP contribution is -2.35. The van der Waals surface area contributed by atoms with Gasteiger partial charge in [-0.25, -0.2) is 9.37 Å². The molecular formula is C11H13Cl2FN2. The van der Waals surface area contributed by atoms with Gasteiger partial charge in [-0.1, -0.05) is 11.6 Å². The zero-order valence-electron chi connectivity index (χ0n) is 8.96. The van der Waals surface area contributed by atoms with Crippen LogP contribution in [0.3, 0.4) is 0 Å². The number of halogens is 3. The number of hydrogen-bond donors (Lipinski definition) is 0. The highest BCUT2D eigenvalue weighted by Gasteiger charge is 2.28. The predicted octanol–water partition coefficient (Wildman–Crippen LogP) is 3.33. The van der Waals surface area contributed by atoms with Crippen molar-refractivity contribution in [1.29, 1.82) is 0 Å². The molecule has 1 aromatic heterocycles. The first-order valence-corrected chi connectivity index (χ1v) is 6.04. The average Bonchev–Trinajstić information content (AvgIpc) is 2.15. The minimum absolute atomic E-state index is 0.293. The quantitative estimate of drug-likeness (QED) is 0.777. The average molecular weight is 263 g/mol. The lowest BCUT2D eigenvalue weighted by atomic mass is 9.84. The molecule has 2 rings (SSSR count). The minimum Gasteiger partial charge on any atom is -0.357 e. The van der Waals surface area contributed by atoms with E-state index in [-0.39, 0.29) is 5.82 Å². The molecule has 1 heterocycles. The van der Waals surface area contributed by atoms with Crippen LogP contribution in [0, 0.1) is 11.7 Å². The van der Waals surface area contributed by atoms with Crippen molar-refractivity contribution in [3.05, 3.63) is 23.1 Å². The Morgan fingerprint density at radius 2 is 2.25 bits per heavy atom. The molecule has 1 aliphatic rings. The molecule has 0 radical (unpaired) electrons. The fraction of sp³-hybridized carbons (Fsp3) is 0.545. The third-order valence-electron chi connectivity index (χ3n) is 2.86. The van der Waals surface area contributed by atoms with Crippen LogP contribution in [0.1, 0.15) is 12.8 Å². The first-order chi connectivity index (χ1) is 7.56. The van der Waals surface area contributed by atoms with E-state index < -0.39 is 0 Å². The molecule has 0 N–H and O–H groups in total. The Morgan fingerprint density at radius 1 is 1.56 bits per heavy atom. The lowest BCUT2D eigenvalue weighted by Gasteiger charge is -2.34.